The van der Waals surface area contributed by atoms with Gasteiger partial charge in [0.1, 0.15) is 0 Å². The minimum atomic E-state index is 1.07. The molecule has 0 heteroatoms. The number of aryl methyl sites for hydroxylation is 12. The first-order chi connectivity index (χ1) is 29.6. The highest BCUT2D eigenvalue weighted by molar-refractivity contribution is 5.56. The molecule has 0 unspecified atom stereocenters. The van der Waals surface area contributed by atoms with Crippen LogP contribution in [0.5, 0.6) is 0 Å². The summed E-state index contributed by atoms with van der Waals surface area (Å²) >= 11 is 0. The minimum Gasteiger partial charge on any atom is -0.0549 e. The molecule has 0 atom stereocenters. The lowest BCUT2D eigenvalue weighted by molar-refractivity contribution is 0.738. The van der Waals surface area contributed by atoms with E-state index in [2.05, 4.69) is 72.8 Å². The summed E-state index contributed by atoms with van der Waals surface area (Å²) in [6.07, 6.45) is 28.1. The monoisotopic (exact) mass is 780 g/mol. The summed E-state index contributed by atoms with van der Waals surface area (Å²) in [6.45, 7) is 0. The van der Waals surface area contributed by atoms with E-state index in [0.717, 1.165) is 38.5 Å². The summed E-state index contributed by atoms with van der Waals surface area (Å²) in [5.41, 5.74) is 39.0. The van der Waals surface area contributed by atoms with Gasteiger partial charge in [-0.15, -0.1) is 0 Å². The molecule has 300 valence electrons. The van der Waals surface area contributed by atoms with E-state index in [9.17, 15) is 0 Å². The SMILES string of the molecule is c1c2c3cc4c1Cc1cc5c6cc1Cc1cc7c(cc1C4)CCCc1cc4c(cc1CCC7)Cc1cc(c(cc1Cc1cc(c(cc1C4)CCC3)CCC2)CCC5)CCC6. The van der Waals surface area contributed by atoms with Crippen molar-refractivity contribution in [1.82, 2.24) is 0 Å². The Morgan fingerprint density at radius 3 is 0.333 bits per heavy atom. The van der Waals surface area contributed by atoms with Gasteiger partial charge in [-0.05, 0) is 288 Å². The number of hydrogen-bond acceptors (Lipinski definition) is 0. The number of hydrogen-bond donors (Lipinski definition) is 0. The van der Waals surface area contributed by atoms with Crippen molar-refractivity contribution in [3.63, 3.8) is 0 Å². The van der Waals surface area contributed by atoms with Gasteiger partial charge in [-0.3, -0.25) is 0 Å². The molecule has 0 amide bonds. The van der Waals surface area contributed by atoms with Gasteiger partial charge in [0, 0.05) is 0 Å². The average molecular weight is 781 g/mol. The van der Waals surface area contributed by atoms with Crippen molar-refractivity contribution in [2.75, 3.05) is 0 Å². The highest BCUT2D eigenvalue weighted by atomic mass is 14.3. The summed E-state index contributed by atoms with van der Waals surface area (Å²) in [5, 5.41) is 0. The molecule has 5 aliphatic carbocycles. The van der Waals surface area contributed by atoms with Crippen LogP contribution in [0.2, 0.25) is 0 Å². The normalized spacial score (nSPS) is 18.4. The second kappa shape index (κ2) is 14.5. The van der Waals surface area contributed by atoms with E-state index in [1.165, 1.54) is 116 Å². The van der Waals surface area contributed by atoms with E-state index in [1.807, 2.05) is 0 Å². The second-order valence-electron chi connectivity index (χ2n) is 20.5. The lowest BCUT2D eigenvalue weighted by atomic mass is 9.82. The molecule has 6 aromatic carbocycles. The van der Waals surface area contributed by atoms with Gasteiger partial charge in [0.05, 0.1) is 0 Å². The number of benzene rings is 6. The molecule has 0 radical (unpaired) electrons. The molecule has 0 bridgehead atoms. The zero-order chi connectivity index (χ0) is 39.3. The molecule has 0 spiro atoms. The Morgan fingerprint density at radius 1 is 0.133 bits per heavy atom. The van der Waals surface area contributed by atoms with Crippen molar-refractivity contribution in [2.24, 2.45) is 0 Å². The van der Waals surface area contributed by atoms with Crippen molar-refractivity contribution in [3.8, 4) is 0 Å². The molecular weight excluding hydrogens is 721 g/mol. The van der Waals surface area contributed by atoms with Crippen LogP contribution in [0.15, 0.2) is 72.8 Å². The highest BCUT2D eigenvalue weighted by Gasteiger charge is 2.26. The molecule has 6 aromatic rings. The predicted octanol–water partition coefficient (Wildman–Crippen LogP) is 12.5. The molecule has 11 rings (SSSR count). The molecule has 0 fully saturated rings. The second-order valence-corrected chi connectivity index (χ2v) is 20.5. The molecule has 0 saturated carbocycles. The van der Waals surface area contributed by atoms with E-state index < -0.39 is 0 Å². The van der Waals surface area contributed by atoms with Crippen LogP contribution in [0.25, 0.3) is 0 Å². The molecule has 0 nitrogen and oxygen atoms in total. The summed E-state index contributed by atoms with van der Waals surface area (Å²) in [6, 6.07) is 32.9. The van der Waals surface area contributed by atoms with Crippen LogP contribution in [0.3, 0.4) is 0 Å². The lowest BCUT2D eigenvalue weighted by Crippen LogP contribution is -2.10. The van der Waals surface area contributed by atoms with E-state index in [0.29, 0.717) is 0 Å². The standard InChI is InChI=1S/C60H60/c1-7-37-19-49-31-53-23-41-11-3-12-42-24-54-32-50-20-38(8-1)40-10-2-9-39(37)21-51(49)33-55-25-43-13-4-14-44-26-56(34-52(50)22-40)60-30-48(44)18-6-17-47(43)29-59(55)35-57(53)27-45(41)15-5-16-46(42)28-58(54)36-60/h19-30H,1-18,31-36H2. The van der Waals surface area contributed by atoms with Crippen LogP contribution < -0.4 is 0 Å². The first-order valence-corrected chi connectivity index (χ1v) is 24.4. The molecule has 60 heavy (non-hydrogen) atoms. The van der Waals surface area contributed by atoms with Gasteiger partial charge < -0.3 is 0 Å². The van der Waals surface area contributed by atoms with Gasteiger partial charge in [-0.25, -0.2) is 0 Å². The van der Waals surface area contributed by atoms with Crippen molar-refractivity contribution in [3.05, 3.63) is 206 Å². The third kappa shape index (κ3) is 6.37. The zero-order valence-electron chi connectivity index (χ0n) is 35.9. The van der Waals surface area contributed by atoms with Gasteiger partial charge in [0.15, 0.2) is 0 Å². The lowest BCUT2D eigenvalue weighted by Gasteiger charge is -2.23. The largest absolute Gasteiger partial charge is 0.0549 e. The van der Waals surface area contributed by atoms with Crippen molar-refractivity contribution >= 4 is 0 Å². The third-order valence-corrected chi connectivity index (χ3v) is 16.8. The summed E-state index contributed by atoms with van der Waals surface area (Å²) in [5.74, 6) is 0. The maximum absolute atomic E-state index is 2.74. The first kappa shape index (κ1) is 36.0. The van der Waals surface area contributed by atoms with E-state index >= 15 is 0 Å². The Morgan fingerprint density at radius 2 is 0.233 bits per heavy atom. The third-order valence-electron chi connectivity index (χ3n) is 16.8. The zero-order valence-corrected chi connectivity index (χ0v) is 35.9. The average Bonchev–Trinajstić information content (AvgIpc) is 3.33. The van der Waals surface area contributed by atoms with Crippen LogP contribution in [0.4, 0.5) is 0 Å². The molecule has 0 saturated heterocycles. The van der Waals surface area contributed by atoms with E-state index in [1.54, 1.807) is 134 Å². The van der Waals surface area contributed by atoms with Gasteiger partial charge in [0.25, 0.3) is 0 Å². The molecular formula is C60H60. The van der Waals surface area contributed by atoms with Crippen molar-refractivity contribution in [1.29, 1.82) is 0 Å². The molecule has 0 heterocycles. The number of fused-ring (bicyclic) bond motifs is 12. The van der Waals surface area contributed by atoms with Crippen LogP contribution in [-0.4, -0.2) is 0 Å². The fourth-order valence-corrected chi connectivity index (χ4v) is 13.6. The topological polar surface area (TPSA) is 0 Å². The Bertz CT molecular complexity index is 2100. The van der Waals surface area contributed by atoms with E-state index in [-0.39, 0.29) is 0 Å². The molecule has 5 aliphatic rings. The Labute approximate surface area is 358 Å². The highest BCUT2D eigenvalue weighted by Crippen LogP contribution is 2.39. The molecule has 0 aliphatic heterocycles. The Hall–Kier alpha value is -4.68. The van der Waals surface area contributed by atoms with Gasteiger partial charge >= 0.3 is 0 Å². The van der Waals surface area contributed by atoms with E-state index in [4.69, 9.17) is 0 Å². The smallest absolute Gasteiger partial charge is 0.00199 e. The van der Waals surface area contributed by atoms with Crippen LogP contribution in [0, 0.1) is 0 Å². The summed E-state index contributed by atoms with van der Waals surface area (Å²) in [4.78, 5) is 0. The Balaban J connectivity index is 1.13. The van der Waals surface area contributed by atoms with Crippen molar-refractivity contribution in [2.45, 2.75) is 154 Å². The van der Waals surface area contributed by atoms with Crippen LogP contribution >= 0.6 is 0 Å². The molecule has 0 aromatic heterocycles. The van der Waals surface area contributed by atoms with Gasteiger partial charge in [-0.1, -0.05) is 72.8 Å². The number of rotatable bonds is 0. The van der Waals surface area contributed by atoms with Crippen LogP contribution in [-0.2, 0) is 116 Å². The fourth-order valence-electron chi connectivity index (χ4n) is 13.6. The van der Waals surface area contributed by atoms with Crippen molar-refractivity contribution < 1.29 is 0 Å². The maximum atomic E-state index is 2.74. The fraction of sp³-hybridized carbons (Fsp3) is 0.400. The summed E-state index contributed by atoms with van der Waals surface area (Å²) in [7, 11) is 0. The van der Waals surface area contributed by atoms with Gasteiger partial charge in [-0.2, -0.15) is 0 Å². The first-order valence-electron chi connectivity index (χ1n) is 24.4. The van der Waals surface area contributed by atoms with Crippen LogP contribution in [0.1, 0.15) is 172 Å². The Kier molecular flexibility index (Phi) is 8.68. The van der Waals surface area contributed by atoms with Gasteiger partial charge in [0.2, 0.25) is 0 Å². The minimum absolute atomic E-state index is 1.07. The quantitative estimate of drug-likeness (QED) is 0.144. The maximum Gasteiger partial charge on any atom is -0.00199 e. The molecule has 0 N–H and O–H groups in total. The summed E-state index contributed by atoms with van der Waals surface area (Å²) < 4.78 is 0. The predicted molar refractivity (Wildman–Crippen MR) is 248 cm³/mol.